The maximum absolute atomic E-state index is 6.30. The van der Waals surface area contributed by atoms with Gasteiger partial charge in [-0.1, -0.05) is 0 Å². The van der Waals surface area contributed by atoms with E-state index in [0.717, 1.165) is 44.0 Å². The van der Waals surface area contributed by atoms with E-state index >= 15 is 0 Å². The Bertz CT molecular complexity index is 504. The number of rotatable bonds is 2. The third-order valence-corrected chi connectivity index (χ3v) is 5.57. The monoisotopic (exact) mass is 302 g/mol. The molecule has 22 heavy (non-hydrogen) atoms. The number of ether oxygens (including phenoxy) is 1. The summed E-state index contributed by atoms with van der Waals surface area (Å²) in [7, 11) is 0. The first-order chi connectivity index (χ1) is 10.7. The number of aromatic nitrogens is 2. The Balaban J connectivity index is 1.36. The summed E-state index contributed by atoms with van der Waals surface area (Å²) < 4.78 is 6.30. The second-order valence-electron chi connectivity index (χ2n) is 7.14. The average Bonchev–Trinajstić information content (AvgIpc) is 3.19. The van der Waals surface area contributed by atoms with Crippen molar-refractivity contribution in [2.24, 2.45) is 0 Å². The molecule has 3 saturated heterocycles. The molecule has 0 bridgehead atoms. The Labute approximate surface area is 132 Å². The van der Waals surface area contributed by atoms with E-state index in [0.29, 0.717) is 6.04 Å². The number of nitrogens with zero attached hydrogens (tertiary/aromatic N) is 4. The lowest BCUT2D eigenvalue weighted by atomic mass is 9.87. The highest BCUT2D eigenvalue weighted by Gasteiger charge is 2.44. The summed E-state index contributed by atoms with van der Waals surface area (Å²) in [6.07, 6.45) is 9.97. The van der Waals surface area contributed by atoms with Crippen LogP contribution < -0.4 is 4.90 Å². The second-order valence-corrected chi connectivity index (χ2v) is 7.14. The van der Waals surface area contributed by atoms with Gasteiger partial charge in [0.05, 0.1) is 12.2 Å². The van der Waals surface area contributed by atoms with Crippen molar-refractivity contribution in [3.05, 3.63) is 18.0 Å². The number of piperidine rings is 1. The van der Waals surface area contributed by atoms with E-state index in [4.69, 9.17) is 4.74 Å². The molecular weight excluding hydrogens is 276 g/mol. The van der Waals surface area contributed by atoms with E-state index in [-0.39, 0.29) is 5.60 Å². The Kier molecular flexibility index (Phi) is 3.78. The molecule has 4 heterocycles. The van der Waals surface area contributed by atoms with Crippen LogP contribution in [-0.4, -0.2) is 59.3 Å². The van der Waals surface area contributed by atoms with Crippen LogP contribution in [0.3, 0.4) is 0 Å². The van der Waals surface area contributed by atoms with Gasteiger partial charge in [-0.3, -0.25) is 4.90 Å². The fourth-order valence-electron chi connectivity index (χ4n) is 4.17. The van der Waals surface area contributed by atoms with Gasteiger partial charge in [0.25, 0.3) is 0 Å². The fourth-order valence-corrected chi connectivity index (χ4v) is 4.17. The van der Waals surface area contributed by atoms with Crippen molar-refractivity contribution in [3.8, 4) is 0 Å². The number of hydrogen-bond donors (Lipinski definition) is 0. The van der Waals surface area contributed by atoms with Crippen LogP contribution in [0.25, 0.3) is 0 Å². The SMILES string of the molecule is Cc1cnc(N2CCC3(CC2)C[C@H](N2CCCC2)CO3)nc1. The number of likely N-dealkylation sites (tertiary alicyclic amines) is 1. The van der Waals surface area contributed by atoms with Gasteiger partial charge in [0, 0.05) is 31.5 Å². The van der Waals surface area contributed by atoms with Gasteiger partial charge in [-0.25, -0.2) is 9.97 Å². The summed E-state index contributed by atoms with van der Waals surface area (Å²) in [6, 6.07) is 0.657. The molecule has 3 fully saturated rings. The average molecular weight is 302 g/mol. The highest BCUT2D eigenvalue weighted by molar-refractivity contribution is 5.31. The van der Waals surface area contributed by atoms with Crippen LogP contribution in [0.5, 0.6) is 0 Å². The highest BCUT2D eigenvalue weighted by Crippen LogP contribution is 2.38. The summed E-state index contributed by atoms with van der Waals surface area (Å²) in [5.41, 5.74) is 1.24. The third-order valence-electron chi connectivity index (χ3n) is 5.57. The van der Waals surface area contributed by atoms with Crippen molar-refractivity contribution in [1.29, 1.82) is 0 Å². The zero-order chi connectivity index (χ0) is 15.0. The summed E-state index contributed by atoms with van der Waals surface area (Å²) in [4.78, 5) is 13.9. The quantitative estimate of drug-likeness (QED) is 0.836. The van der Waals surface area contributed by atoms with Gasteiger partial charge in [0.1, 0.15) is 0 Å². The standard InChI is InChI=1S/C17H26N4O/c1-14-11-18-16(19-12-14)21-8-4-17(5-9-21)10-15(13-22-17)20-6-2-3-7-20/h11-12,15H,2-10,13H2,1H3/t15-/m0/s1. The molecule has 0 radical (unpaired) electrons. The lowest BCUT2D eigenvalue weighted by Gasteiger charge is -2.39. The van der Waals surface area contributed by atoms with E-state index in [1.807, 2.05) is 19.3 Å². The van der Waals surface area contributed by atoms with E-state index < -0.39 is 0 Å². The molecule has 5 nitrogen and oxygen atoms in total. The predicted molar refractivity (Wildman–Crippen MR) is 86.1 cm³/mol. The second kappa shape index (κ2) is 5.78. The minimum Gasteiger partial charge on any atom is -0.373 e. The van der Waals surface area contributed by atoms with Gasteiger partial charge in [-0.2, -0.15) is 0 Å². The summed E-state index contributed by atoms with van der Waals surface area (Å²) in [6.45, 7) is 7.52. The maximum Gasteiger partial charge on any atom is 0.225 e. The van der Waals surface area contributed by atoms with E-state index in [1.54, 1.807) is 0 Å². The molecule has 1 spiro atoms. The first kappa shape index (κ1) is 14.4. The first-order valence-electron chi connectivity index (χ1n) is 8.66. The van der Waals surface area contributed by atoms with Crippen LogP contribution in [0.1, 0.15) is 37.7 Å². The highest BCUT2D eigenvalue weighted by atomic mass is 16.5. The van der Waals surface area contributed by atoms with E-state index in [9.17, 15) is 0 Å². The molecule has 0 N–H and O–H groups in total. The minimum absolute atomic E-state index is 0.119. The molecule has 0 aliphatic carbocycles. The van der Waals surface area contributed by atoms with Crippen molar-refractivity contribution >= 4 is 5.95 Å². The molecule has 0 saturated carbocycles. The number of aryl methyl sites for hydroxylation is 1. The Morgan fingerprint density at radius 1 is 1.09 bits per heavy atom. The van der Waals surface area contributed by atoms with Crippen LogP contribution in [-0.2, 0) is 4.74 Å². The molecule has 0 unspecified atom stereocenters. The Morgan fingerprint density at radius 2 is 1.77 bits per heavy atom. The molecule has 4 rings (SSSR count). The maximum atomic E-state index is 6.30. The summed E-state index contributed by atoms with van der Waals surface area (Å²) >= 11 is 0. The lowest BCUT2D eigenvalue weighted by Crippen LogP contribution is -2.45. The molecular formula is C17H26N4O. The topological polar surface area (TPSA) is 41.5 Å². The number of anilines is 1. The largest absolute Gasteiger partial charge is 0.373 e. The van der Waals surface area contributed by atoms with Gasteiger partial charge < -0.3 is 9.64 Å². The smallest absolute Gasteiger partial charge is 0.225 e. The molecule has 0 aromatic carbocycles. The third kappa shape index (κ3) is 2.72. The molecule has 0 amide bonds. The predicted octanol–water partition coefficient (Wildman–Crippen LogP) is 2.01. The number of hydrogen-bond acceptors (Lipinski definition) is 5. The molecule has 5 heteroatoms. The molecule has 1 aromatic heterocycles. The normalized spacial score (nSPS) is 28.6. The van der Waals surface area contributed by atoms with Crippen LogP contribution in [0, 0.1) is 6.92 Å². The van der Waals surface area contributed by atoms with Gasteiger partial charge in [-0.15, -0.1) is 0 Å². The van der Waals surface area contributed by atoms with Gasteiger partial charge in [0.2, 0.25) is 5.95 Å². The van der Waals surface area contributed by atoms with Crippen molar-refractivity contribution in [2.75, 3.05) is 37.7 Å². The van der Waals surface area contributed by atoms with Gasteiger partial charge >= 0.3 is 0 Å². The van der Waals surface area contributed by atoms with E-state index in [1.165, 1.54) is 32.4 Å². The van der Waals surface area contributed by atoms with Crippen molar-refractivity contribution in [2.45, 2.75) is 50.7 Å². The Hall–Kier alpha value is -1.20. The van der Waals surface area contributed by atoms with Crippen LogP contribution in [0.4, 0.5) is 5.95 Å². The van der Waals surface area contributed by atoms with Gasteiger partial charge in [-0.05, 0) is 57.7 Å². The molecule has 1 aromatic rings. The molecule has 3 aliphatic heterocycles. The van der Waals surface area contributed by atoms with Crippen molar-refractivity contribution in [3.63, 3.8) is 0 Å². The minimum atomic E-state index is 0.119. The van der Waals surface area contributed by atoms with Crippen molar-refractivity contribution < 1.29 is 4.74 Å². The van der Waals surface area contributed by atoms with Crippen LogP contribution in [0.2, 0.25) is 0 Å². The fraction of sp³-hybridized carbons (Fsp3) is 0.765. The summed E-state index contributed by atoms with van der Waals surface area (Å²) in [5.74, 6) is 0.870. The van der Waals surface area contributed by atoms with Gasteiger partial charge in [0.15, 0.2) is 0 Å². The lowest BCUT2D eigenvalue weighted by molar-refractivity contribution is -0.0159. The molecule has 3 aliphatic rings. The Morgan fingerprint density at radius 3 is 2.45 bits per heavy atom. The molecule has 120 valence electrons. The van der Waals surface area contributed by atoms with Crippen LogP contribution in [0.15, 0.2) is 12.4 Å². The van der Waals surface area contributed by atoms with Crippen LogP contribution >= 0.6 is 0 Å². The van der Waals surface area contributed by atoms with E-state index in [2.05, 4.69) is 19.8 Å². The zero-order valence-electron chi connectivity index (χ0n) is 13.5. The summed E-state index contributed by atoms with van der Waals surface area (Å²) in [5, 5.41) is 0. The molecule has 1 atom stereocenters. The van der Waals surface area contributed by atoms with Crippen molar-refractivity contribution in [1.82, 2.24) is 14.9 Å². The zero-order valence-corrected chi connectivity index (χ0v) is 13.5. The first-order valence-corrected chi connectivity index (χ1v) is 8.66.